The summed E-state index contributed by atoms with van der Waals surface area (Å²) in [5.74, 6) is 0. The summed E-state index contributed by atoms with van der Waals surface area (Å²) < 4.78 is 2.17. The number of aromatic nitrogens is 3. The first-order valence-electron chi connectivity index (χ1n) is 18.4. The summed E-state index contributed by atoms with van der Waals surface area (Å²) in [6, 6.07) is 59.6. The molecule has 0 saturated carbocycles. The largest absolute Gasteiger partial charge is 0.363 e. The maximum Gasteiger partial charge on any atom is 0.137 e. The van der Waals surface area contributed by atoms with E-state index in [9.17, 15) is 0 Å². The van der Waals surface area contributed by atoms with Gasteiger partial charge in [0.15, 0.2) is 0 Å². The second kappa shape index (κ2) is 14.2. The molecular weight excluding hydrogens is 659 g/mol. The Morgan fingerprint density at radius 1 is 0.519 bits per heavy atom. The molecule has 54 heavy (non-hydrogen) atoms. The molecule has 8 aromatic rings. The van der Waals surface area contributed by atoms with Gasteiger partial charge in [-0.15, -0.1) is 0 Å². The SMILES string of the molecule is C/C=C\N1C(c2ccc(-c3cc(-c4ccccc4)cc(-c4ccc(-c5c(-c6ccccc6)nc6ccccn56)cc4)n3)cc2)=C(c2ccccc2)NC1C. The molecule has 260 valence electrons. The molecule has 5 heteroatoms. The van der Waals surface area contributed by atoms with Crippen molar-refractivity contribution in [1.29, 1.82) is 0 Å². The van der Waals surface area contributed by atoms with Crippen molar-refractivity contribution in [3.8, 4) is 56.2 Å². The number of allylic oxidation sites excluding steroid dienone is 1. The van der Waals surface area contributed by atoms with Gasteiger partial charge in [0.1, 0.15) is 11.8 Å². The molecule has 1 N–H and O–H groups in total. The maximum atomic E-state index is 5.29. The third kappa shape index (κ3) is 6.16. The third-order valence-electron chi connectivity index (χ3n) is 10.1. The number of hydrogen-bond donors (Lipinski definition) is 1. The average Bonchev–Trinajstić information content (AvgIpc) is 3.79. The van der Waals surface area contributed by atoms with E-state index in [1.807, 2.05) is 12.1 Å². The quantitative estimate of drug-likeness (QED) is 0.172. The van der Waals surface area contributed by atoms with Gasteiger partial charge in [-0.1, -0.05) is 152 Å². The minimum absolute atomic E-state index is 0.127. The van der Waals surface area contributed by atoms with Gasteiger partial charge in [-0.05, 0) is 54.8 Å². The van der Waals surface area contributed by atoms with Gasteiger partial charge in [0, 0.05) is 40.2 Å². The number of pyridine rings is 2. The molecule has 0 spiro atoms. The van der Waals surface area contributed by atoms with Crippen LogP contribution < -0.4 is 5.32 Å². The number of fused-ring (bicyclic) bond motifs is 1. The van der Waals surface area contributed by atoms with Crippen molar-refractivity contribution in [1.82, 2.24) is 24.6 Å². The van der Waals surface area contributed by atoms with E-state index in [-0.39, 0.29) is 6.17 Å². The molecule has 0 radical (unpaired) electrons. The van der Waals surface area contributed by atoms with Crippen LogP contribution in [-0.2, 0) is 0 Å². The molecule has 1 atom stereocenters. The van der Waals surface area contributed by atoms with Crippen molar-refractivity contribution in [2.24, 2.45) is 0 Å². The highest BCUT2D eigenvalue weighted by Gasteiger charge is 2.28. The molecule has 0 bridgehead atoms. The van der Waals surface area contributed by atoms with Crippen LogP contribution in [0.4, 0.5) is 0 Å². The number of nitrogens with one attached hydrogen (secondary N) is 1. The molecule has 5 nitrogen and oxygen atoms in total. The zero-order valence-corrected chi connectivity index (χ0v) is 30.3. The second-order valence-corrected chi connectivity index (χ2v) is 13.6. The fourth-order valence-electron chi connectivity index (χ4n) is 7.44. The van der Waals surface area contributed by atoms with Crippen LogP contribution in [0.25, 0.3) is 73.2 Å². The lowest BCUT2D eigenvalue weighted by Crippen LogP contribution is -2.30. The summed E-state index contributed by atoms with van der Waals surface area (Å²) in [7, 11) is 0. The molecular formula is C49H39N5. The molecule has 0 fully saturated rings. The van der Waals surface area contributed by atoms with E-state index < -0.39 is 0 Å². The molecule has 1 unspecified atom stereocenters. The average molecular weight is 698 g/mol. The Bertz CT molecular complexity index is 2620. The first-order valence-corrected chi connectivity index (χ1v) is 18.4. The molecule has 1 aliphatic rings. The Labute approximate surface area is 316 Å². The van der Waals surface area contributed by atoms with Gasteiger partial charge in [0.25, 0.3) is 0 Å². The first kappa shape index (κ1) is 32.9. The Morgan fingerprint density at radius 2 is 1.06 bits per heavy atom. The maximum absolute atomic E-state index is 5.29. The second-order valence-electron chi connectivity index (χ2n) is 13.6. The smallest absolute Gasteiger partial charge is 0.137 e. The minimum Gasteiger partial charge on any atom is -0.363 e. The Hall–Kier alpha value is -6.98. The van der Waals surface area contributed by atoms with E-state index in [1.165, 1.54) is 5.56 Å². The van der Waals surface area contributed by atoms with Crippen LogP contribution in [0.3, 0.4) is 0 Å². The van der Waals surface area contributed by atoms with Gasteiger partial charge in [-0.3, -0.25) is 4.40 Å². The summed E-state index contributed by atoms with van der Waals surface area (Å²) >= 11 is 0. The van der Waals surface area contributed by atoms with Crippen LogP contribution >= 0.6 is 0 Å². The number of rotatable bonds is 8. The van der Waals surface area contributed by atoms with Gasteiger partial charge in [0.2, 0.25) is 0 Å². The highest BCUT2D eigenvalue weighted by molar-refractivity contribution is 5.92. The Kier molecular flexibility index (Phi) is 8.66. The topological polar surface area (TPSA) is 45.5 Å². The van der Waals surface area contributed by atoms with Crippen molar-refractivity contribution < 1.29 is 0 Å². The molecule has 0 amide bonds. The number of imidazole rings is 1. The van der Waals surface area contributed by atoms with E-state index in [2.05, 4.69) is 205 Å². The van der Waals surface area contributed by atoms with Crippen molar-refractivity contribution in [2.45, 2.75) is 20.0 Å². The highest BCUT2D eigenvalue weighted by atomic mass is 15.3. The van der Waals surface area contributed by atoms with Crippen LogP contribution in [0.5, 0.6) is 0 Å². The van der Waals surface area contributed by atoms with Gasteiger partial charge in [0.05, 0.1) is 34.2 Å². The summed E-state index contributed by atoms with van der Waals surface area (Å²) in [5, 5.41) is 3.72. The number of benzene rings is 5. The van der Waals surface area contributed by atoms with Gasteiger partial charge in [-0.25, -0.2) is 9.97 Å². The minimum atomic E-state index is 0.127. The Balaban J connectivity index is 1.11. The lowest BCUT2D eigenvalue weighted by atomic mass is 9.98. The highest BCUT2D eigenvalue weighted by Crippen LogP contribution is 2.38. The van der Waals surface area contributed by atoms with Crippen molar-refractivity contribution in [3.05, 3.63) is 199 Å². The fourth-order valence-corrected chi connectivity index (χ4v) is 7.44. The predicted octanol–water partition coefficient (Wildman–Crippen LogP) is 11.7. The monoisotopic (exact) mass is 697 g/mol. The van der Waals surface area contributed by atoms with E-state index in [0.29, 0.717) is 0 Å². The summed E-state index contributed by atoms with van der Waals surface area (Å²) in [6.07, 6.45) is 6.45. The van der Waals surface area contributed by atoms with Crippen LogP contribution in [0, 0.1) is 0 Å². The molecule has 0 aliphatic carbocycles. The lowest BCUT2D eigenvalue weighted by Gasteiger charge is -2.22. The molecule has 1 aliphatic heterocycles. The van der Waals surface area contributed by atoms with E-state index in [0.717, 1.165) is 78.8 Å². The standard InChI is InChI=1S/C49H39N5/c1-3-30-53-34(2)50-46(38-17-9-5-10-18-38)48(53)40-26-22-36(23-27-40)43-32-42(35-15-7-4-8-16-35)33-44(51-43)37-24-28-41(29-25-37)49-47(39-19-11-6-12-20-39)52-45-21-13-14-31-54(45)49/h3-34,50H,1-2H3/b30-3-. The molecule has 3 aromatic heterocycles. The lowest BCUT2D eigenvalue weighted by molar-refractivity contribution is 0.408. The van der Waals surface area contributed by atoms with Crippen LogP contribution in [0.2, 0.25) is 0 Å². The van der Waals surface area contributed by atoms with Gasteiger partial charge < -0.3 is 10.2 Å². The molecule has 0 saturated heterocycles. The molecule has 9 rings (SSSR count). The first-order chi connectivity index (χ1) is 26.6. The van der Waals surface area contributed by atoms with Crippen molar-refractivity contribution in [3.63, 3.8) is 0 Å². The van der Waals surface area contributed by atoms with E-state index in [1.54, 1.807) is 0 Å². The number of hydrogen-bond acceptors (Lipinski definition) is 4. The fraction of sp³-hybridized carbons (Fsp3) is 0.0612. The third-order valence-corrected chi connectivity index (χ3v) is 10.1. The van der Waals surface area contributed by atoms with Crippen LogP contribution in [-0.4, -0.2) is 25.4 Å². The van der Waals surface area contributed by atoms with E-state index >= 15 is 0 Å². The van der Waals surface area contributed by atoms with Crippen molar-refractivity contribution in [2.75, 3.05) is 0 Å². The predicted molar refractivity (Wildman–Crippen MR) is 223 cm³/mol. The Morgan fingerprint density at radius 3 is 1.67 bits per heavy atom. The molecule has 5 aromatic carbocycles. The zero-order chi connectivity index (χ0) is 36.4. The van der Waals surface area contributed by atoms with Crippen LogP contribution in [0.1, 0.15) is 25.0 Å². The summed E-state index contributed by atoms with van der Waals surface area (Å²) in [6.45, 7) is 4.25. The number of nitrogens with zero attached hydrogens (tertiary/aromatic N) is 4. The summed E-state index contributed by atoms with van der Waals surface area (Å²) in [5.41, 5.74) is 16.0. The van der Waals surface area contributed by atoms with Gasteiger partial charge in [-0.2, -0.15) is 0 Å². The summed E-state index contributed by atoms with van der Waals surface area (Å²) in [4.78, 5) is 12.6. The van der Waals surface area contributed by atoms with E-state index in [4.69, 9.17) is 9.97 Å². The zero-order valence-electron chi connectivity index (χ0n) is 30.3. The van der Waals surface area contributed by atoms with Crippen molar-refractivity contribution >= 4 is 17.0 Å². The molecule has 4 heterocycles. The normalized spacial score (nSPS) is 14.3. The van der Waals surface area contributed by atoms with Crippen LogP contribution in [0.15, 0.2) is 188 Å². The van der Waals surface area contributed by atoms with Gasteiger partial charge >= 0.3 is 0 Å².